The zero-order chi connectivity index (χ0) is 36.0. The molecule has 0 N–H and O–H groups in total. The van der Waals surface area contributed by atoms with Gasteiger partial charge in [-0.15, -0.1) is 0 Å². The molecule has 0 atom stereocenters. The Labute approximate surface area is 316 Å². The summed E-state index contributed by atoms with van der Waals surface area (Å²) in [6.07, 6.45) is 0. The maximum atomic E-state index is 6.17. The van der Waals surface area contributed by atoms with Crippen LogP contribution in [0.5, 0.6) is 0 Å². The van der Waals surface area contributed by atoms with Crippen LogP contribution in [-0.2, 0) is 0 Å². The Hall–Kier alpha value is -7.36. The Morgan fingerprint density at radius 2 is 0.745 bits per heavy atom. The third kappa shape index (κ3) is 4.44. The number of nitrogens with zero attached hydrogens (tertiary/aromatic N) is 2. The van der Waals surface area contributed by atoms with Crippen LogP contribution in [0.15, 0.2) is 199 Å². The molecule has 3 nitrogen and oxygen atoms in total. The number of rotatable bonds is 4. The molecule has 0 amide bonds. The van der Waals surface area contributed by atoms with E-state index in [9.17, 15) is 0 Å². The van der Waals surface area contributed by atoms with E-state index >= 15 is 0 Å². The molecule has 0 spiro atoms. The monoisotopic (exact) mass is 700 g/mol. The molecule has 3 aromatic heterocycles. The van der Waals surface area contributed by atoms with Gasteiger partial charge in [-0.1, -0.05) is 121 Å². The third-order valence-corrected chi connectivity index (χ3v) is 11.5. The van der Waals surface area contributed by atoms with Crippen LogP contribution >= 0.6 is 0 Å². The van der Waals surface area contributed by atoms with Crippen LogP contribution in [0, 0.1) is 0 Å². The summed E-state index contributed by atoms with van der Waals surface area (Å²) in [5.74, 6) is 0. The first kappa shape index (κ1) is 30.1. The molecule has 0 radical (unpaired) electrons. The van der Waals surface area contributed by atoms with E-state index in [1.54, 1.807) is 0 Å². The van der Waals surface area contributed by atoms with E-state index in [4.69, 9.17) is 4.42 Å². The van der Waals surface area contributed by atoms with Crippen molar-refractivity contribution in [2.24, 2.45) is 0 Å². The molecule has 3 heterocycles. The van der Waals surface area contributed by atoms with E-state index in [2.05, 4.69) is 191 Å². The summed E-state index contributed by atoms with van der Waals surface area (Å²) in [4.78, 5) is 0. The van der Waals surface area contributed by atoms with E-state index in [0.717, 1.165) is 33.3 Å². The molecule has 0 aliphatic carbocycles. The maximum Gasteiger partial charge on any atom is 0.135 e. The fraction of sp³-hybridized carbons (Fsp3) is 0. The number of hydrogen-bond acceptors (Lipinski definition) is 1. The number of furan rings is 1. The highest BCUT2D eigenvalue weighted by Gasteiger charge is 2.20. The minimum atomic E-state index is 0.913. The lowest BCUT2D eigenvalue weighted by Gasteiger charge is -2.13. The van der Waals surface area contributed by atoms with Gasteiger partial charge in [0.05, 0.1) is 22.1 Å². The van der Waals surface area contributed by atoms with E-state index in [1.807, 2.05) is 12.1 Å². The molecular weight excluding hydrogens is 669 g/mol. The lowest BCUT2D eigenvalue weighted by atomic mass is 9.91. The van der Waals surface area contributed by atoms with Crippen molar-refractivity contribution in [1.82, 2.24) is 9.13 Å². The van der Waals surface area contributed by atoms with Gasteiger partial charge >= 0.3 is 0 Å². The minimum absolute atomic E-state index is 0.913. The maximum absolute atomic E-state index is 6.17. The van der Waals surface area contributed by atoms with Crippen molar-refractivity contribution in [2.45, 2.75) is 0 Å². The van der Waals surface area contributed by atoms with Crippen molar-refractivity contribution in [3.63, 3.8) is 0 Å². The second-order valence-corrected chi connectivity index (χ2v) is 14.5. The molecule has 0 saturated carbocycles. The van der Waals surface area contributed by atoms with Crippen molar-refractivity contribution in [1.29, 1.82) is 0 Å². The predicted octanol–water partition coefficient (Wildman–Crippen LogP) is 14.3. The van der Waals surface area contributed by atoms with Crippen LogP contribution < -0.4 is 0 Å². The third-order valence-electron chi connectivity index (χ3n) is 11.5. The van der Waals surface area contributed by atoms with Crippen LogP contribution in [0.1, 0.15) is 0 Å². The standard InChI is InChI=1S/C52H32N2O/c1-3-13-35(14-4-1)53-47-21-11-9-19-41(47)44-31-45-43-29-33(23-27-48(43)54(50(45)32-49(44)53)36-15-5-2-6-16-36)37-25-26-38(40-18-8-7-17-39(37)40)34-24-28-52-46(30-34)42-20-10-12-22-51(42)55-52/h1-32H. The Bertz CT molecular complexity index is 3470. The van der Waals surface area contributed by atoms with Gasteiger partial charge in [0, 0.05) is 43.7 Å². The number of para-hydroxylation sites is 4. The Balaban J connectivity index is 1.10. The smallest absolute Gasteiger partial charge is 0.135 e. The molecule has 0 aliphatic rings. The average molecular weight is 701 g/mol. The topological polar surface area (TPSA) is 23.0 Å². The summed E-state index contributed by atoms with van der Waals surface area (Å²) < 4.78 is 11.0. The summed E-state index contributed by atoms with van der Waals surface area (Å²) in [5.41, 5.74) is 13.7. The highest BCUT2D eigenvalue weighted by Crippen LogP contribution is 2.43. The van der Waals surface area contributed by atoms with Crippen LogP contribution in [0.4, 0.5) is 0 Å². The van der Waals surface area contributed by atoms with Gasteiger partial charge in [-0.3, -0.25) is 0 Å². The van der Waals surface area contributed by atoms with Gasteiger partial charge in [0.1, 0.15) is 11.2 Å². The molecule has 256 valence electrons. The summed E-state index contributed by atoms with van der Waals surface area (Å²) in [6, 6.07) is 70.4. The molecule has 9 aromatic carbocycles. The molecule has 3 heteroatoms. The normalized spacial score (nSPS) is 12.0. The van der Waals surface area contributed by atoms with Crippen molar-refractivity contribution < 1.29 is 4.42 Å². The fourth-order valence-electron chi connectivity index (χ4n) is 9.06. The lowest BCUT2D eigenvalue weighted by molar-refractivity contribution is 0.669. The second kappa shape index (κ2) is 11.6. The molecule has 0 aliphatic heterocycles. The molecule has 0 fully saturated rings. The molecule has 12 rings (SSSR count). The van der Waals surface area contributed by atoms with E-state index in [-0.39, 0.29) is 0 Å². The number of aromatic nitrogens is 2. The molecule has 12 aromatic rings. The zero-order valence-electron chi connectivity index (χ0n) is 29.8. The average Bonchev–Trinajstić information content (AvgIpc) is 3.89. The first-order valence-electron chi connectivity index (χ1n) is 18.8. The van der Waals surface area contributed by atoms with Crippen LogP contribution in [0.2, 0.25) is 0 Å². The lowest BCUT2D eigenvalue weighted by Crippen LogP contribution is -1.95. The van der Waals surface area contributed by atoms with Crippen molar-refractivity contribution in [3.05, 3.63) is 194 Å². The van der Waals surface area contributed by atoms with Crippen molar-refractivity contribution >= 4 is 76.3 Å². The largest absolute Gasteiger partial charge is 0.456 e. The molecule has 0 bridgehead atoms. The van der Waals surface area contributed by atoms with E-state index in [1.165, 1.54) is 76.6 Å². The summed E-state index contributed by atoms with van der Waals surface area (Å²) in [7, 11) is 0. The predicted molar refractivity (Wildman–Crippen MR) is 231 cm³/mol. The Morgan fingerprint density at radius 1 is 0.273 bits per heavy atom. The zero-order valence-corrected chi connectivity index (χ0v) is 29.8. The fourth-order valence-corrected chi connectivity index (χ4v) is 9.06. The summed E-state index contributed by atoms with van der Waals surface area (Å²) >= 11 is 0. The van der Waals surface area contributed by atoms with Gasteiger partial charge in [-0.05, 0) is 106 Å². The highest BCUT2D eigenvalue weighted by molar-refractivity contribution is 6.20. The molecule has 0 saturated heterocycles. The van der Waals surface area contributed by atoms with Gasteiger partial charge in [-0.2, -0.15) is 0 Å². The first-order chi connectivity index (χ1) is 27.3. The molecular formula is C52H32N2O. The Morgan fingerprint density at radius 3 is 1.42 bits per heavy atom. The quantitative estimate of drug-likeness (QED) is 0.179. The highest BCUT2D eigenvalue weighted by atomic mass is 16.3. The number of benzene rings is 9. The van der Waals surface area contributed by atoms with Gasteiger partial charge in [0.15, 0.2) is 0 Å². The van der Waals surface area contributed by atoms with E-state index in [0.29, 0.717) is 0 Å². The minimum Gasteiger partial charge on any atom is -0.456 e. The SMILES string of the molecule is c1ccc(-n2c3ccccc3c3cc4c5cc(-c6ccc(-c7ccc8oc9ccccc9c8c7)c7ccccc67)ccc5n(-c5ccccc5)c4cc32)cc1. The molecule has 0 unspecified atom stereocenters. The van der Waals surface area contributed by atoms with Crippen molar-refractivity contribution in [3.8, 4) is 33.6 Å². The van der Waals surface area contributed by atoms with Gasteiger partial charge < -0.3 is 13.6 Å². The Kier molecular flexibility index (Phi) is 6.34. The number of hydrogen-bond donors (Lipinski definition) is 0. The number of fused-ring (bicyclic) bond motifs is 10. The summed E-state index contributed by atoms with van der Waals surface area (Å²) in [5, 5.41) is 9.73. The van der Waals surface area contributed by atoms with Crippen LogP contribution in [0.25, 0.3) is 110 Å². The molecule has 55 heavy (non-hydrogen) atoms. The van der Waals surface area contributed by atoms with Gasteiger partial charge in [-0.25, -0.2) is 0 Å². The first-order valence-corrected chi connectivity index (χ1v) is 18.8. The van der Waals surface area contributed by atoms with Gasteiger partial charge in [0.2, 0.25) is 0 Å². The van der Waals surface area contributed by atoms with E-state index < -0.39 is 0 Å². The summed E-state index contributed by atoms with van der Waals surface area (Å²) in [6.45, 7) is 0. The van der Waals surface area contributed by atoms with Gasteiger partial charge in [0.25, 0.3) is 0 Å². The van der Waals surface area contributed by atoms with Crippen LogP contribution in [-0.4, -0.2) is 9.13 Å². The van der Waals surface area contributed by atoms with Crippen molar-refractivity contribution in [2.75, 3.05) is 0 Å². The second-order valence-electron chi connectivity index (χ2n) is 14.5. The van der Waals surface area contributed by atoms with Crippen LogP contribution in [0.3, 0.4) is 0 Å².